The fraction of sp³-hybridized carbons (Fsp3) is 0.875. The fourth-order valence-electron chi connectivity index (χ4n) is 3.41. The zero-order valence-corrected chi connectivity index (χ0v) is 14.3. The summed E-state index contributed by atoms with van der Waals surface area (Å²) in [5, 5.41) is 0. The molecule has 0 aromatic rings. The first kappa shape index (κ1) is 17.2. The first-order valence-electron chi connectivity index (χ1n) is 8.36. The molecule has 2 rings (SSSR count). The van der Waals surface area contributed by atoms with Crippen LogP contribution in [0.15, 0.2) is 0 Å². The Morgan fingerprint density at radius 2 is 1.50 bits per heavy atom. The Hall–Kier alpha value is -1.14. The standard InChI is InChI=1S/C16H30N4O2/c1-14(21)19-8-10-20(11-9-19)16(22)13-18-6-4-15(5-7-18)12-17(2)3/h15H,4-13H2,1-3H3. The van der Waals surface area contributed by atoms with Crippen molar-refractivity contribution in [2.45, 2.75) is 19.8 Å². The van der Waals surface area contributed by atoms with E-state index in [0.717, 1.165) is 25.6 Å². The summed E-state index contributed by atoms with van der Waals surface area (Å²) in [5.74, 6) is 1.09. The van der Waals surface area contributed by atoms with E-state index < -0.39 is 0 Å². The first-order valence-corrected chi connectivity index (χ1v) is 8.36. The lowest BCUT2D eigenvalue weighted by atomic mass is 9.96. The van der Waals surface area contributed by atoms with Gasteiger partial charge in [-0.15, -0.1) is 0 Å². The van der Waals surface area contributed by atoms with Gasteiger partial charge in [-0.1, -0.05) is 0 Å². The predicted octanol–water partition coefficient (Wildman–Crippen LogP) is -0.0493. The highest BCUT2D eigenvalue weighted by Gasteiger charge is 2.26. The lowest BCUT2D eigenvalue weighted by Gasteiger charge is -2.37. The number of hydrogen-bond donors (Lipinski definition) is 0. The molecule has 22 heavy (non-hydrogen) atoms. The molecule has 2 fully saturated rings. The molecule has 0 unspecified atom stereocenters. The van der Waals surface area contributed by atoms with E-state index in [9.17, 15) is 9.59 Å². The van der Waals surface area contributed by atoms with Gasteiger partial charge >= 0.3 is 0 Å². The second kappa shape index (κ2) is 7.92. The van der Waals surface area contributed by atoms with Crippen molar-refractivity contribution in [2.24, 2.45) is 5.92 Å². The molecular weight excluding hydrogens is 280 g/mol. The van der Waals surface area contributed by atoms with Gasteiger partial charge in [0, 0.05) is 39.6 Å². The molecule has 0 spiro atoms. The number of piperidine rings is 1. The molecule has 0 aromatic carbocycles. The maximum absolute atomic E-state index is 12.4. The van der Waals surface area contributed by atoms with E-state index in [0.29, 0.717) is 32.7 Å². The predicted molar refractivity (Wildman–Crippen MR) is 86.6 cm³/mol. The van der Waals surface area contributed by atoms with Crippen molar-refractivity contribution in [3.05, 3.63) is 0 Å². The molecule has 2 saturated heterocycles. The summed E-state index contributed by atoms with van der Waals surface area (Å²) < 4.78 is 0. The van der Waals surface area contributed by atoms with Gasteiger partial charge in [-0.05, 0) is 45.9 Å². The van der Waals surface area contributed by atoms with Crippen LogP contribution < -0.4 is 0 Å². The van der Waals surface area contributed by atoms with E-state index in [-0.39, 0.29) is 11.8 Å². The van der Waals surface area contributed by atoms with Gasteiger partial charge in [-0.3, -0.25) is 14.5 Å². The molecule has 0 N–H and O–H groups in total. The average Bonchev–Trinajstić information content (AvgIpc) is 2.49. The molecule has 6 nitrogen and oxygen atoms in total. The minimum atomic E-state index is 0.107. The number of carbonyl (C=O) groups is 2. The molecule has 2 heterocycles. The van der Waals surface area contributed by atoms with Gasteiger partial charge in [0.1, 0.15) is 0 Å². The van der Waals surface area contributed by atoms with Crippen LogP contribution in [0.1, 0.15) is 19.8 Å². The first-order chi connectivity index (χ1) is 10.5. The summed E-state index contributed by atoms with van der Waals surface area (Å²) in [5.41, 5.74) is 0. The summed E-state index contributed by atoms with van der Waals surface area (Å²) in [6.07, 6.45) is 2.37. The van der Waals surface area contributed by atoms with Crippen molar-refractivity contribution in [1.29, 1.82) is 0 Å². The van der Waals surface area contributed by atoms with Crippen molar-refractivity contribution in [3.8, 4) is 0 Å². The Morgan fingerprint density at radius 3 is 2.00 bits per heavy atom. The molecule has 2 aliphatic heterocycles. The number of likely N-dealkylation sites (tertiary alicyclic amines) is 1. The smallest absolute Gasteiger partial charge is 0.236 e. The summed E-state index contributed by atoms with van der Waals surface area (Å²) in [6.45, 7) is 8.03. The molecular formula is C16H30N4O2. The van der Waals surface area contributed by atoms with Gasteiger partial charge in [0.2, 0.25) is 11.8 Å². The van der Waals surface area contributed by atoms with Crippen LogP contribution in [-0.2, 0) is 9.59 Å². The third-order valence-corrected chi connectivity index (χ3v) is 4.77. The molecule has 0 radical (unpaired) electrons. The maximum atomic E-state index is 12.4. The number of hydrogen-bond acceptors (Lipinski definition) is 4. The molecule has 0 aromatic heterocycles. The summed E-state index contributed by atoms with van der Waals surface area (Å²) in [6, 6.07) is 0. The monoisotopic (exact) mass is 310 g/mol. The molecule has 0 saturated carbocycles. The van der Waals surface area contributed by atoms with Crippen LogP contribution in [0, 0.1) is 5.92 Å². The minimum absolute atomic E-state index is 0.107. The van der Waals surface area contributed by atoms with E-state index >= 15 is 0 Å². The highest BCUT2D eigenvalue weighted by Crippen LogP contribution is 2.17. The second-order valence-corrected chi connectivity index (χ2v) is 6.87. The largest absolute Gasteiger partial charge is 0.339 e. The Balaban J connectivity index is 1.69. The zero-order valence-electron chi connectivity index (χ0n) is 14.3. The fourth-order valence-corrected chi connectivity index (χ4v) is 3.41. The molecule has 2 amide bonds. The number of rotatable bonds is 4. The highest BCUT2D eigenvalue weighted by atomic mass is 16.2. The van der Waals surface area contributed by atoms with E-state index in [1.54, 1.807) is 6.92 Å². The SMILES string of the molecule is CC(=O)N1CCN(C(=O)CN2CCC(CN(C)C)CC2)CC1. The average molecular weight is 310 g/mol. The normalized spacial score (nSPS) is 21.5. The van der Waals surface area contributed by atoms with E-state index in [1.807, 2.05) is 9.80 Å². The summed E-state index contributed by atoms with van der Waals surface area (Å²) >= 11 is 0. The zero-order chi connectivity index (χ0) is 16.1. The summed E-state index contributed by atoms with van der Waals surface area (Å²) in [7, 11) is 4.24. The number of piperazine rings is 1. The topological polar surface area (TPSA) is 47.1 Å². The number of carbonyl (C=O) groups excluding carboxylic acids is 2. The lowest BCUT2D eigenvalue weighted by molar-refractivity contribution is -0.139. The van der Waals surface area contributed by atoms with Gasteiger partial charge < -0.3 is 14.7 Å². The van der Waals surface area contributed by atoms with Gasteiger partial charge in [0.15, 0.2) is 0 Å². The third-order valence-electron chi connectivity index (χ3n) is 4.77. The quantitative estimate of drug-likeness (QED) is 0.730. The van der Waals surface area contributed by atoms with Crippen LogP contribution in [-0.4, -0.2) is 97.9 Å². The van der Waals surface area contributed by atoms with Crippen LogP contribution in [0.3, 0.4) is 0 Å². The Labute approximate surface area is 134 Å². The van der Waals surface area contributed by atoms with Crippen LogP contribution in [0.5, 0.6) is 0 Å². The van der Waals surface area contributed by atoms with Gasteiger partial charge in [0.25, 0.3) is 0 Å². The van der Waals surface area contributed by atoms with Crippen LogP contribution >= 0.6 is 0 Å². The molecule has 0 aliphatic carbocycles. The Kier molecular flexibility index (Phi) is 6.20. The van der Waals surface area contributed by atoms with Gasteiger partial charge in [-0.2, -0.15) is 0 Å². The highest BCUT2D eigenvalue weighted by molar-refractivity contribution is 5.79. The lowest BCUT2D eigenvalue weighted by Crippen LogP contribution is -2.52. The molecule has 6 heteroatoms. The van der Waals surface area contributed by atoms with Gasteiger partial charge in [-0.25, -0.2) is 0 Å². The van der Waals surface area contributed by atoms with Crippen molar-refractivity contribution in [2.75, 3.05) is 66.5 Å². The van der Waals surface area contributed by atoms with E-state index in [1.165, 1.54) is 12.8 Å². The molecule has 0 atom stereocenters. The Morgan fingerprint density at radius 1 is 0.955 bits per heavy atom. The molecule has 2 aliphatic rings. The second-order valence-electron chi connectivity index (χ2n) is 6.87. The van der Waals surface area contributed by atoms with Crippen LogP contribution in [0.2, 0.25) is 0 Å². The van der Waals surface area contributed by atoms with Crippen molar-refractivity contribution in [1.82, 2.24) is 19.6 Å². The number of amides is 2. The third kappa shape index (κ3) is 4.95. The van der Waals surface area contributed by atoms with Gasteiger partial charge in [0.05, 0.1) is 6.54 Å². The van der Waals surface area contributed by atoms with Crippen molar-refractivity contribution in [3.63, 3.8) is 0 Å². The van der Waals surface area contributed by atoms with Crippen LogP contribution in [0.25, 0.3) is 0 Å². The van der Waals surface area contributed by atoms with E-state index in [4.69, 9.17) is 0 Å². The van der Waals surface area contributed by atoms with Crippen LogP contribution in [0.4, 0.5) is 0 Å². The number of nitrogens with zero attached hydrogens (tertiary/aromatic N) is 4. The maximum Gasteiger partial charge on any atom is 0.236 e. The molecule has 0 bridgehead atoms. The molecule has 126 valence electrons. The van der Waals surface area contributed by atoms with E-state index in [2.05, 4.69) is 23.9 Å². The minimum Gasteiger partial charge on any atom is -0.339 e. The van der Waals surface area contributed by atoms with Crippen molar-refractivity contribution >= 4 is 11.8 Å². The Bertz CT molecular complexity index is 384. The van der Waals surface area contributed by atoms with Crippen molar-refractivity contribution < 1.29 is 9.59 Å². The summed E-state index contributed by atoms with van der Waals surface area (Å²) in [4.78, 5) is 31.9.